The molecule has 0 aliphatic heterocycles. The van der Waals surface area contributed by atoms with Crippen LogP contribution < -0.4 is 14.8 Å². The first-order valence-corrected chi connectivity index (χ1v) is 8.52. The second-order valence-corrected chi connectivity index (χ2v) is 6.29. The second kappa shape index (κ2) is 7.92. The number of hydrogen-bond donors (Lipinski definition) is 2. The molecule has 5 heteroatoms. The van der Waals surface area contributed by atoms with Crippen LogP contribution >= 0.6 is 0 Å². The third-order valence-electron chi connectivity index (χ3n) is 4.23. The molecule has 2 aromatic rings. The first-order chi connectivity index (χ1) is 12.2. The van der Waals surface area contributed by atoms with Crippen molar-refractivity contribution in [3.8, 4) is 17.2 Å². The molecular weight excluding hydrogens is 318 g/mol. The molecule has 0 radical (unpaired) electrons. The lowest BCUT2D eigenvalue weighted by molar-refractivity contribution is 0.0953. The summed E-state index contributed by atoms with van der Waals surface area (Å²) in [5.41, 5.74) is 1.61. The Kier molecular flexibility index (Phi) is 5.43. The van der Waals surface area contributed by atoms with Crippen molar-refractivity contribution in [1.82, 2.24) is 5.32 Å². The van der Waals surface area contributed by atoms with E-state index in [1.54, 1.807) is 37.4 Å². The lowest BCUT2D eigenvalue weighted by Gasteiger charge is -2.12. The first kappa shape index (κ1) is 17.1. The third kappa shape index (κ3) is 4.89. The van der Waals surface area contributed by atoms with Crippen LogP contribution in [-0.4, -0.2) is 31.3 Å². The van der Waals surface area contributed by atoms with Crippen molar-refractivity contribution < 1.29 is 19.4 Å². The Morgan fingerprint density at radius 1 is 1.16 bits per heavy atom. The normalized spacial score (nSPS) is 13.3. The smallest absolute Gasteiger partial charge is 0.251 e. The predicted molar refractivity (Wildman–Crippen MR) is 95.4 cm³/mol. The minimum atomic E-state index is -0.141. The van der Waals surface area contributed by atoms with Crippen LogP contribution in [0.5, 0.6) is 17.2 Å². The monoisotopic (exact) mass is 341 g/mol. The number of hydrogen-bond acceptors (Lipinski definition) is 4. The van der Waals surface area contributed by atoms with Crippen molar-refractivity contribution in [3.05, 3.63) is 53.6 Å². The van der Waals surface area contributed by atoms with Gasteiger partial charge in [-0.05, 0) is 61.1 Å². The molecule has 0 bridgehead atoms. The van der Waals surface area contributed by atoms with Crippen molar-refractivity contribution >= 4 is 5.91 Å². The zero-order valence-electron chi connectivity index (χ0n) is 14.3. The number of nitrogens with one attached hydrogen (secondary N) is 1. The minimum Gasteiger partial charge on any atom is -0.508 e. The first-order valence-electron chi connectivity index (χ1n) is 8.52. The highest BCUT2D eigenvalue weighted by molar-refractivity contribution is 5.94. The van der Waals surface area contributed by atoms with E-state index in [0.29, 0.717) is 42.6 Å². The van der Waals surface area contributed by atoms with E-state index < -0.39 is 0 Å². The van der Waals surface area contributed by atoms with E-state index in [1.165, 1.54) is 12.8 Å². The van der Waals surface area contributed by atoms with E-state index in [9.17, 15) is 9.90 Å². The maximum Gasteiger partial charge on any atom is 0.251 e. The van der Waals surface area contributed by atoms with Crippen LogP contribution in [-0.2, 0) is 6.42 Å². The van der Waals surface area contributed by atoms with E-state index in [-0.39, 0.29) is 11.7 Å². The molecule has 1 amide bonds. The molecule has 25 heavy (non-hydrogen) atoms. The van der Waals surface area contributed by atoms with Gasteiger partial charge in [-0.1, -0.05) is 12.1 Å². The number of phenols is 1. The molecule has 0 heterocycles. The van der Waals surface area contributed by atoms with Gasteiger partial charge in [0.15, 0.2) is 11.5 Å². The summed E-state index contributed by atoms with van der Waals surface area (Å²) in [6, 6.07) is 12.2. The van der Waals surface area contributed by atoms with Gasteiger partial charge in [-0.2, -0.15) is 0 Å². The summed E-state index contributed by atoms with van der Waals surface area (Å²) in [5, 5.41) is 12.2. The Balaban J connectivity index is 1.56. The van der Waals surface area contributed by atoms with Crippen LogP contribution in [0, 0.1) is 5.92 Å². The van der Waals surface area contributed by atoms with Gasteiger partial charge in [0.05, 0.1) is 13.7 Å². The number of rotatable bonds is 8. The fourth-order valence-corrected chi connectivity index (χ4v) is 2.51. The van der Waals surface area contributed by atoms with Gasteiger partial charge in [0, 0.05) is 12.1 Å². The van der Waals surface area contributed by atoms with E-state index in [1.807, 2.05) is 12.1 Å². The number of methoxy groups -OCH3 is 1. The summed E-state index contributed by atoms with van der Waals surface area (Å²) < 4.78 is 11.1. The molecule has 1 saturated carbocycles. The highest BCUT2D eigenvalue weighted by atomic mass is 16.5. The van der Waals surface area contributed by atoms with Gasteiger partial charge in [-0.3, -0.25) is 4.79 Å². The molecule has 5 nitrogen and oxygen atoms in total. The number of phenolic OH excluding ortho intramolecular Hbond substituents is 1. The summed E-state index contributed by atoms with van der Waals surface area (Å²) in [6.45, 7) is 1.19. The van der Waals surface area contributed by atoms with Crippen LogP contribution in [0.3, 0.4) is 0 Å². The van der Waals surface area contributed by atoms with Gasteiger partial charge in [0.1, 0.15) is 5.75 Å². The number of ether oxygens (including phenoxy) is 2. The fraction of sp³-hybridized carbons (Fsp3) is 0.350. The maximum atomic E-state index is 12.3. The summed E-state index contributed by atoms with van der Waals surface area (Å²) in [4.78, 5) is 12.3. The van der Waals surface area contributed by atoms with Gasteiger partial charge in [-0.25, -0.2) is 0 Å². The molecular formula is C20H23NO4. The predicted octanol–water partition coefficient (Wildman–Crippen LogP) is 3.16. The average Bonchev–Trinajstić information content (AvgIpc) is 3.45. The molecule has 2 aromatic carbocycles. The Hall–Kier alpha value is -2.69. The lowest BCUT2D eigenvalue weighted by Crippen LogP contribution is -2.25. The van der Waals surface area contributed by atoms with Gasteiger partial charge in [-0.15, -0.1) is 0 Å². The van der Waals surface area contributed by atoms with Crippen LogP contribution in [0.2, 0.25) is 0 Å². The number of carbonyl (C=O) groups excluding carboxylic acids is 1. The van der Waals surface area contributed by atoms with Crippen molar-refractivity contribution in [1.29, 1.82) is 0 Å². The summed E-state index contributed by atoms with van der Waals surface area (Å²) in [7, 11) is 1.59. The standard InChI is InChI=1S/C20H23NO4/c1-24-18-9-6-16(12-19(18)25-13-15-2-3-15)20(23)21-11-10-14-4-7-17(22)8-5-14/h4-9,12,15,22H,2-3,10-11,13H2,1H3,(H,21,23). The number of carbonyl (C=O) groups is 1. The zero-order chi connectivity index (χ0) is 17.6. The second-order valence-electron chi connectivity index (χ2n) is 6.29. The number of benzene rings is 2. The molecule has 0 atom stereocenters. The van der Waals surface area contributed by atoms with Gasteiger partial charge in [0.2, 0.25) is 0 Å². The fourth-order valence-electron chi connectivity index (χ4n) is 2.51. The molecule has 0 saturated heterocycles. The number of amides is 1. The van der Waals surface area contributed by atoms with Crippen molar-refractivity contribution in [2.45, 2.75) is 19.3 Å². The van der Waals surface area contributed by atoms with Gasteiger partial charge < -0.3 is 19.9 Å². The van der Waals surface area contributed by atoms with Crippen molar-refractivity contribution in [2.24, 2.45) is 5.92 Å². The van der Waals surface area contributed by atoms with Crippen LogP contribution in [0.1, 0.15) is 28.8 Å². The Bertz CT molecular complexity index is 723. The van der Waals surface area contributed by atoms with E-state index in [2.05, 4.69) is 5.32 Å². The SMILES string of the molecule is COc1ccc(C(=O)NCCc2ccc(O)cc2)cc1OCC1CC1. The van der Waals surface area contributed by atoms with Crippen LogP contribution in [0.4, 0.5) is 0 Å². The minimum absolute atomic E-state index is 0.141. The molecule has 132 valence electrons. The van der Waals surface area contributed by atoms with Crippen molar-refractivity contribution in [3.63, 3.8) is 0 Å². The van der Waals surface area contributed by atoms with Gasteiger partial charge >= 0.3 is 0 Å². The highest BCUT2D eigenvalue weighted by Gasteiger charge is 2.23. The highest BCUT2D eigenvalue weighted by Crippen LogP contribution is 2.33. The maximum absolute atomic E-state index is 12.3. The Morgan fingerprint density at radius 3 is 2.60 bits per heavy atom. The summed E-state index contributed by atoms with van der Waals surface area (Å²) in [6.07, 6.45) is 3.12. The quantitative estimate of drug-likeness (QED) is 0.774. The molecule has 0 unspecified atom stereocenters. The van der Waals surface area contributed by atoms with E-state index >= 15 is 0 Å². The third-order valence-corrected chi connectivity index (χ3v) is 4.23. The Morgan fingerprint density at radius 2 is 1.92 bits per heavy atom. The average molecular weight is 341 g/mol. The molecule has 2 N–H and O–H groups in total. The summed E-state index contributed by atoms with van der Waals surface area (Å²) >= 11 is 0. The van der Waals surface area contributed by atoms with Crippen LogP contribution in [0.15, 0.2) is 42.5 Å². The van der Waals surface area contributed by atoms with Gasteiger partial charge in [0.25, 0.3) is 5.91 Å². The molecule has 3 rings (SSSR count). The Labute approximate surface area is 147 Å². The van der Waals surface area contributed by atoms with E-state index in [0.717, 1.165) is 5.56 Å². The van der Waals surface area contributed by atoms with Crippen LogP contribution in [0.25, 0.3) is 0 Å². The molecule has 1 fully saturated rings. The molecule has 0 spiro atoms. The van der Waals surface area contributed by atoms with Crippen molar-refractivity contribution in [2.75, 3.05) is 20.3 Å². The molecule has 1 aliphatic rings. The largest absolute Gasteiger partial charge is 0.508 e. The molecule has 0 aromatic heterocycles. The molecule has 1 aliphatic carbocycles. The number of aromatic hydroxyl groups is 1. The lowest BCUT2D eigenvalue weighted by atomic mass is 10.1. The topological polar surface area (TPSA) is 67.8 Å². The summed E-state index contributed by atoms with van der Waals surface area (Å²) in [5.74, 6) is 1.98. The zero-order valence-corrected chi connectivity index (χ0v) is 14.3. The van der Waals surface area contributed by atoms with E-state index in [4.69, 9.17) is 9.47 Å².